The highest BCUT2D eigenvalue weighted by atomic mass is 32.2. The zero-order valence-electron chi connectivity index (χ0n) is 16.0. The van der Waals surface area contributed by atoms with Gasteiger partial charge in [-0.1, -0.05) is 30.0 Å². The highest BCUT2D eigenvalue weighted by molar-refractivity contribution is 7.99. The average Bonchev–Trinajstić information content (AvgIpc) is 3.20. The Morgan fingerprint density at radius 2 is 1.96 bits per heavy atom. The summed E-state index contributed by atoms with van der Waals surface area (Å²) in [5.74, 6) is 1.05. The quantitative estimate of drug-likeness (QED) is 0.467. The topological polar surface area (TPSA) is 69.9 Å². The molecule has 0 atom stereocenters. The Morgan fingerprint density at radius 1 is 1.14 bits per heavy atom. The van der Waals surface area contributed by atoms with E-state index in [1.165, 1.54) is 35.7 Å². The summed E-state index contributed by atoms with van der Waals surface area (Å²) < 4.78 is 7.06. The highest BCUT2D eigenvalue weighted by Crippen LogP contribution is 2.28. The summed E-state index contributed by atoms with van der Waals surface area (Å²) in [5.41, 5.74) is 5.30. The molecule has 0 amide bonds. The molecule has 4 rings (SSSR count). The summed E-state index contributed by atoms with van der Waals surface area (Å²) in [5, 5.41) is 12.5. The van der Waals surface area contributed by atoms with Gasteiger partial charge in [0.2, 0.25) is 5.16 Å². The van der Waals surface area contributed by atoms with E-state index in [4.69, 9.17) is 4.74 Å². The first kappa shape index (κ1) is 18.7. The molecular formula is C21H22N4O2S. The summed E-state index contributed by atoms with van der Waals surface area (Å²) in [4.78, 5) is 12.7. The fourth-order valence-corrected chi connectivity index (χ4v) is 4.28. The first-order valence-corrected chi connectivity index (χ1v) is 10.4. The molecular weight excluding hydrogens is 372 g/mol. The predicted octanol–water partition coefficient (Wildman–Crippen LogP) is 3.83. The Kier molecular flexibility index (Phi) is 5.43. The maximum Gasteiger partial charge on any atom is 0.214 e. The smallest absolute Gasteiger partial charge is 0.214 e. The van der Waals surface area contributed by atoms with Crippen molar-refractivity contribution in [2.75, 3.05) is 12.9 Å². The van der Waals surface area contributed by atoms with Gasteiger partial charge >= 0.3 is 0 Å². The second-order valence-electron chi connectivity index (χ2n) is 6.95. The number of ether oxygens (including phenoxy) is 1. The Balaban J connectivity index is 1.52. The number of benzene rings is 2. The third-order valence-electron chi connectivity index (χ3n) is 5.01. The van der Waals surface area contributed by atoms with Crippen LogP contribution in [0.3, 0.4) is 0 Å². The van der Waals surface area contributed by atoms with Crippen molar-refractivity contribution in [3.8, 4) is 11.4 Å². The van der Waals surface area contributed by atoms with Crippen molar-refractivity contribution in [1.29, 1.82) is 0 Å². The number of rotatable bonds is 6. The van der Waals surface area contributed by atoms with Gasteiger partial charge in [0.05, 0.1) is 12.9 Å². The molecule has 3 aromatic rings. The number of aromatic nitrogens is 4. The van der Waals surface area contributed by atoms with Crippen LogP contribution in [-0.4, -0.2) is 38.9 Å². The van der Waals surface area contributed by atoms with Crippen molar-refractivity contribution in [3.05, 3.63) is 58.7 Å². The average molecular weight is 395 g/mol. The molecule has 0 radical (unpaired) electrons. The molecule has 0 aliphatic heterocycles. The number of aryl methyl sites for hydroxylation is 3. The maximum atomic E-state index is 12.7. The lowest BCUT2D eigenvalue weighted by atomic mass is 9.90. The number of methoxy groups -OCH3 is 1. The molecule has 28 heavy (non-hydrogen) atoms. The van der Waals surface area contributed by atoms with Gasteiger partial charge in [0.1, 0.15) is 11.4 Å². The molecule has 0 spiro atoms. The number of ketones is 1. The van der Waals surface area contributed by atoms with Gasteiger partial charge in [-0.05, 0) is 77.9 Å². The van der Waals surface area contributed by atoms with E-state index in [0.717, 1.165) is 29.7 Å². The molecule has 1 aromatic heterocycles. The molecule has 1 aliphatic carbocycles. The minimum absolute atomic E-state index is 0.0872. The number of tetrazole rings is 1. The molecule has 1 heterocycles. The highest BCUT2D eigenvalue weighted by Gasteiger charge is 2.17. The third kappa shape index (κ3) is 3.80. The number of nitrogens with zero attached hydrogens (tertiary/aromatic N) is 4. The normalized spacial score (nSPS) is 13.2. The van der Waals surface area contributed by atoms with Crippen LogP contribution >= 0.6 is 11.8 Å². The van der Waals surface area contributed by atoms with Crippen molar-refractivity contribution in [3.63, 3.8) is 0 Å². The van der Waals surface area contributed by atoms with Crippen molar-refractivity contribution in [2.24, 2.45) is 0 Å². The Labute approximate surface area is 168 Å². The minimum atomic E-state index is 0.0872. The van der Waals surface area contributed by atoms with Crippen LogP contribution < -0.4 is 4.74 Å². The lowest BCUT2D eigenvalue weighted by Gasteiger charge is -2.16. The molecule has 0 N–H and O–H groups in total. The molecule has 0 bridgehead atoms. The van der Waals surface area contributed by atoms with E-state index in [1.807, 2.05) is 31.2 Å². The summed E-state index contributed by atoms with van der Waals surface area (Å²) >= 11 is 1.34. The van der Waals surface area contributed by atoms with Crippen LogP contribution in [0.15, 0.2) is 41.6 Å². The van der Waals surface area contributed by atoms with Gasteiger partial charge < -0.3 is 4.74 Å². The van der Waals surface area contributed by atoms with Crippen LogP contribution in [0.2, 0.25) is 0 Å². The van der Waals surface area contributed by atoms with E-state index in [1.54, 1.807) is 11.8 Å². The lowest BCUT2D eigenvalue weighted by Crippen LogP contribution is -2.08. The molecule has 0 unspecified atom stereocenters. The van der Waals surface area contributed by atoms with Crippen LogP contribution in [0.25, 0.3) is 5.69 Å². The van der Waals surface area contributed by atoms with E-state index in [2.05, 4.69) is 27.7 Å². The summed E-state index contributed by atoms with van der Waals surface area (Å²) in [6, 6.07) is 11.9. The van der Waals surface area contributed by atoms with Crippen molar-refractivity contribution in [2.45, 2.75) is 37.8 Å². The van der Waals surface area contributed by atoms with E-state index in [-0.39, 0.29) is 11.5 Å². The standard InChI is InChI=1S/C21H22N4O2S/c1-14-7-10-20(27-2)18(11-14)25-21(22-23-24-25)28-13-19(26)17-9-8-15-5-3-4-6-16(15)12-17/h7-12H,3-6,13H2,1-2H3. The van der Waals surface area contributed by atoms with Crippen LogP contribution in [0, 0.1) is 6.92 Å². The molecule has 144 valence electrons. The van der Waals surface area contributed by atoms with Gasteiger partial charge in [-0.2, -0.15) is 4.68 Å². The third-order valence-corrected chi connectivity index (χ3v) is 5.93. The maximum absolute atomic E-state index is 12.7. The van der Waals surface area contributed by atoms with Gasteiger partial charge in [0.15, 0.2) is 5.78 Å². The molecule has 2 aromatic carbocycles. The number of hydrogen-bond acceptors (Lipinski definition) is 6. The first-order valence-electron chi connectivity index (χ1n) is 9.37. The fraction of sp³-hybridized carbons (Fsp3) is 0.333. The van der Waals surface area contributed by atoms with Crippen LogP contribution in [-0.2, 0) is 12.8 Å². The van der Waals surface area contributed by atoms with Gasteiger partial charge in [0.25, 0.3) is 0 Å². The lowest BCUT2D eigenvalue weighted by molar-refractivity contribution is 0.102. The molecule has 6 nitrogen and oxygen atoms in total. The predicted molar refractivity (Wildman–Crippen MR) is 109 cm³/mol. The van der Waals surface area contributed by atoms with Crippen LogP contribution in [0.5, 0.6) is 5.75 Å². The number of carbonyl (C=O) groups is 1. The van der Waals surface area contributed by atoms with E-state index in [0.29, 0.717) is 10.9 Å². The molecule has 0 fully saturated rings. The van der Waals surface area contributed by atoms with Gasteiger partial charge in [-0.25, -0.2) is 0 Å². The number of carbonyl (C=O) groups excluding carboxylic acids is 1. The van der Waals surface area contributed by atoms with Crippen molar-refractivity contribution < 1.29 is 9.53 Å². The van der Waals surface area contributed by atoms with E-state index in [9.17, 15) is 4.79 Å². The van der Waals surface area contributed by atoms with E-state index < -0.39 is 0 Å². The number of fused-ring (bicyclic) bond motifs is 1. The van der Waals surface area contributed by atoms with Crippen molar-refractivity contribution in [1.82, 2.24) is 20.2 Å². The minimum Gasteiger partial charge on any atom is -0.494 e. The van der Waals surface area contributed by atoms with Crippen LogP contribution in [0.1, 0.15) is 39.9 Å². The largest absolute Gasteiger partial charge is 0.494 e. The Hall–Kier alpha value is -2.67. The molecule has 7 heteroatoms. The van der Waals surface area contributed by atoms with Crippen LogP contribution in [0.4, 0.5) is 0 Å². The van der Waals surface area contributed by atoms with E-state index >= 15 is 0 Å². The number of thioether (sulfide) groups is 1. The number of Topliss-reactive ketones (excluding diaryl/α,β-unsaturated/α-hetero) is 1. The molecule has 1 aliphatic rings. The van der Waals surface area contributed by atoms with Crippen molar-refractivity contribution >= 4 is 17.5 Å². The summed E-state index contributed by atoms with van der Waals surface area (Å²) in [6.07, 6.45) is 4.62. The zero-order valence-corrected chi connectivity index (χ0v) is 16.8. The monoisotopic (exact) mass is 394 g/mol. The summed E-state index contributed by atoms with van der Waals surface area (Å²) in [7, 11) is 1.62. The summed E-state index contributed by atoms with van der Waals surface area (Å²) in [6.45, 7) is 2.00. The fourth-order valence-electron chi connectivity index (χ4n) is 3.51. The van der Waals surface area contributed by atoms with Gasteiger partial charge in [-0.3, -0.25) is 4.79 Å². The Bertz CT molecular complexity index is 1020. The molecule has 0 saturated carbocycles. The van der Waals surface area contributed by atoms with Gasteiger partial charge in [0, 0.05) is 5.56 Å². The first-order chi connectivity index (χ1) is 13.7. The molecule has 0 saturated heterocycles. The SMILES string of the molecule is COc1ccc(C)cc1-n1nnnc1SCC(=O)c1ccc2c(c1)CCCC2. The van der Waals surface area contributed by atoms with Gasteiger partial charge in [-0.15, -0.1) is 5.10 Å². The number of hydrogen-bond donors (Lipinski definition) is 0. The zero-order chi connectivity index (χ0) is 19.5. The second kappa shape index (κ2) is 8.14. The second-order valence-corrected chi connectivity index (χ2v) is 7.89. The Morgan fingerprint density at radius 3 is 2.79 bits per heavy atom.